The van der Waals surface area contributed by atoms with Gasteiger partial charge in [-0.15, -0.1) is 0 Å². The van der Waals surface area contributed by atoms with Crippen LogP contribution in [0.4, 0.5) is 0 Å². The van der Waals surface area contributed by atoms with E-state index in [0.29, 0.717) is 6.42 Å². The fourth-order valence-corrected chi connectivity index (χ4v) is 6.50. The summed E-state index contributed by atoms with van der Waals surface area (Å²) in [5.74, 6) is -0.268. The molecular formula is C19H20O6. The number of hydrogen-bond donors (Lipinski definition) is 0. The number of carbonyl (C=O) groups excluding carboxylic acids is 2. The molecule has 25 heavy (non-hydrogen) atoms. The molecule has 3 saturated heterocycles. The molecule has 6 heteroatoms. The molecule has 6 nitrogen and oxygen atoms in total. The summed E-state index contributed by atoms with van der Waals surface area (Å²) in [5, 5.41) is 0. The molecule has 8 unspecified atom stereocenters. The minimum Gasteiger partial charge on any atom is -0.472 e. The van der Waals surface area contributed by atoms with Crippen LogP contribution in [0.5, 0.6) is 0 Å². The number of fused-ring (bicyclic) bond motifs is 7. The minimum absolute atomic E-state index is 0.0202. The van der Waals surface area contributed by atoms with E-state index in [1.165, 1.54) is 0 Å². The second kappa shape index (κ2) is 4.29. The zero-order valence-electron chi connectivity index (χ0n) is 14.0. The van der Waals surface area contributed by atoms with Gasteiger partial charge < -0.3 is 18.6 Å². The summed E-state index contributed by atoms with van der Waals surface area (Å²) in [6, 6.07) is 1.90. The quantitative estimate of drug-likeness (QED) is 0.728. The third kappa shape index (κ3) is 1.52. The lowest BCUT2D eigenvalue weighted by Crippen LogP contribution is -2.58. The van der Waals surface area contributed by atoms with Crippen molar-refractivity contribution in [3.05, 3.63) is 24.2 Å². The number of rotatable bonds is 1. The first-order valence-electron chi connectivity index (χ1n) is 9.14. The predicted molar refractivity (Wildman–Crippen MR) is 82.1 cm³/mol. The smallest absolute Gasteiger partial charge is 0.339 e. The average molecular weight is 344 g/mol. The molecule has 4 heterocycles. The van der Waals surface area contributed by atoms with E-state index in [-0.39, 0.29) is 53.4 Å². The van der Waals surface area contributed by atoms with Crippen molar-refractivity contribution in [1.29, 1.82) is 0 Å². The number of esters is 2. The summed E-state index contributed by atoms with van der Waals surface area (Å²) in [5.41, 5.74) is -0.247. The lowest BCUT2D eigenvalue weighted by Gasteiger charge is -2.52. The van der Waals surface area contributed by atoms with E-state index in [0.717, 1.165) is 24.8 Å². The molecule has 3 aliphatic heterocycles. The van der Waals surface area contributed by atoms with Crippen LogP contribution in [0.25, 0.3) is 0 Å². The van der Waals surface area contributed by atoms with Gasteiger partial charge in [-0.25, -0.2) is 4.79 Å². The average Bonchev–Trinajstić information content (AvgIpc) is 3.32. The van der Waals surface area contributed by atoms with E-state index in [1.807, 2.05) is 6.07 Å². The summed E-state index contributed by atoms with van der Waals surface area (Å²) in [7, 11) is 0. The highest BCUT2D eigenvalue weighted by Crippen LogP contribution is 2.68. The SMILES string of the molecule is CC12C3CC4(OC(c5ccoc5)CC4C1CC1CC2C(=O)O1)C(=O)O3. The molecule has 1 aromatic rings. The van der Waals surface area contributed by atoms with E-state index < -0.39 is 5.60 Å². The molecule has 0 N–H and O–H groups in total. The monoisotopic (exact) mass is 344 g/mol. The van der Waals surface area contributed by atoms with Crippen molar-refractivity contribution < 1.29 is 28.2 Å². The summed E-state index contributed by atoms with van der Waals surface area (Å²) in [4.78, 5) is 25.3. The first kappa shape index (κ1) is 14.4. The standard InChI is InChI=1S/C19H20O6/c1-18-11(4-10-5-13(18)16(20)23-10)12-6-14(9-2-3-22-8-9)25-19(12)7-15(18)24-17(19)21/h2-3,8,10-15H,4-7H2,1H3. The van der Waals surface area contributed by atoms with E-state index in [4.69, 9.17) is 18.6 Å². The van der Waals surface area contributed by atoms with Gasteiger partial charge in [-0.3, -0.25) is 4.79 Å². The molecule has 8 atom stereocenters. The van der Waals surface area contributed by atoms with E-state index in [2.05, 4.69) is 6.92 Å². The van der Waals surface area contributed by atoms with Gasteiger partial charge in [0.05, 0.1) is 24.5 Å². The molecule has 0 aromatic carbocycles. The van der Waals surface area contributed by atoms with Gasteiger partial charge in [-0.1, -0.05) is 6.92 Å². The number of furan rings is 1. The van der Waals surface area contributed by atoms with Crippen molar-refractivity contribution in [2.75, 3.05) is 0 Å². The van der Waals surface area contributed by atoms with E-state index in [9.17, 15) is 9.59 Å². The lowest BCUT2D eigenvalue weighted by molar-refractivity contribution is -0.161. The minimum atomic E-state index is -0.864. The van der Waals surface area contributed by atoms with Gasteiger partial charge in [-0.05, 0) is 31.2 Å². The fourth-order valence-electron chi connectivity index (χ4n) is 6.50. The highest BCUT2D eigenvalue weighted by molar-refractivity contribution is 5.85. The normalized spacial score (nSPS) is 52.5. The van der Waals surface area contributed by atoms with Gasteiger partial charge in [0.2, 0.25) is 0 Å². The summed E-state index contributed by atoms with van der Waals surface area (Å²) < 4.78 is 23.0. The Balaban J connectivity index is 1.47. The summed E-state index contributed by atoms with van der Waals surface area (Å²) in [6.45, 7) is 2.13. The maximum absolute atomic E-state index is 12.9. The molecule has 0 amide bonds. The van der Waals surface area contributed by atoms with Crippen molar-refractivity contribution in [3.63, 3.8) is 0 Å². The zero-order valence-corrected chi connectivity index (χ0v) is 14.0. The Kier molecular flexibility index (Phi) is 2.46. The van der Waals surface area contributed by atoms with Crippen LogP contribution >= 0.6 is 0 Å². The largest absolute Gasteiger partial charge is 0.472 e. The van der Waals surface area contributed by atoms with Gasteiger partial charge >= 0.3 is 11.9 Å². The van der Waals surface area contributed by atoms with Crippen LogP contribution in [0, 0.1) is 23.2 Å². The maximum atomic E-state index is 12.9. The van der Waals surface area contributed by atoms with Crippen molar-refractivity contribution in [3.8, 4) is 0 Å². The van der Waals surface area contributed by atoms with Gasteiger partial charge in [0.15, 0.2) is 5.60 Å². The molecule has 1 aromatic heterocycles. The third-order valence-corrected chi connectivity index (χ3v) is 7.73. The highest BCUT2D eigenvalue weighted by atomic mass is 16.6. The van der Waals surface area contributed by atoms with Gasteiger partial charge in [0, 0.05) is 23.3 Å². The molecule has 5 fully saturated rings. The number of carbonyl (C=O) groups is 2. The third-order valence-electron chi connectivity index (χ3n) is 7.73. The van der Waals surface area contributed by atoms with Crippen LogP contribution < -0.4 is 0 Å². The predicted octanol–water partition coefficient (Wildman–Crippen LogP) is 2.38. The van der Waals surface area contributed by atoms with Crippen LogP contribution in [-0.2, 0) is 23.8 Å². The topological polar surface area (TPSA) is 75.0 Å². The number of ether oxygens (including phenoxy) is 3. The highest BCUT2D eigenvalue weighted by Gasteiger charge is 2.75. The van der Waals surface area contributed by atoms with Crippen LogP contribution in [0.3, 0.4) is 0 Å². The van der Waals surface area contributed by atoms with Gasteiger partial charge in [0.25, 0.3) is 0 Å². The van der Waals surface area contributed by atoms with Crippen LogP contribution in [0.2, 0.25) is 0 Å². The molecular weight excluding hydrogens is 324 g/mol. The second-order valence-electron chi connectivity index (χ2n) is 8.55. The Morgan fingerprint density at radius 2 is 2.00 bits per heavy atom. The van der Waals surface area contributed by atoms with Crippen LogP contribution in [0.1, 0.15) is 44.3 Å². The Bertz CT molecular complexity index is 771. The Morgan fingerprint density at radius 1 is 1.12 bits per heavy atom. The van der Waals surface area contributed by atoms with E-state index >= 15 is 0 Å². The first-order valence-corrected chi connectivity index (χ1v) is 9.14. The molecule has 6 rings (SSSR count). The number of hydrogen-bond acceptors (Lipinski definition) is 6. The lowest BCUT2D eigenvalue weighted by atomic mass is 9.49. The molecule has 4 bridgehead atoms. The van der Waals surface area contributed by atoms with Gasteiger partial charge in [-0.2, -0.15) is 0 Å². The zero-order chi connectivity index (χ0) is 17.0. The van der Waals surface area contributed by atoms with E-state index in [1.54, 1.807) is 12.5 Å². The van der Waals surface area contributed by atoms with Crippen molar-refractivity contribution in [2.45, 2.75) is 56.5 Å². The Hall–Kier alpha value is -1.82. The van der Waals surface area contributed by atoms with Crippen LogP contribution in [0.15, 0.2) is 23.0 Å². The van der Waals surface area contributed by atoms with Crippen molar-refractivity contribution >= 4 is 11.9 Å². The summed E-state index contributed by atoms with van der Waals surface area (Å²) in [6.07, 6.45) is 5.74. The molecule has 1 spiro atoms. The maximum Gasteiger partial charge on any atom is 0.339 e. The second-order valence-corrected chi connectivity index (χ2v) is 8.55. The summed E-state index contributed by atoms with van der Waals surface area (Å²) >= 11 is 0. The molecule has 2 aliphatic carbocycles. The molecule has 2 saturated carbocycles. The Morgan fingerprint density at radius 3 is 2.80 bits per heavy atom. The van der Waals surface area contributed by atoms with Crippen LogP contribution in [-0.4, -0.2) is 29.7 Å². The van der Waals surface area contributed by atoms with Gasteiger partial charge in [0.1, 0.15) is 12.2 Å². The fraction of sp³-hybridized carbons (Fsp3) is 0.684. The molecule has 132 valence electrons. The molecule has 0 radical (unpaired) electrons. The molecule has 5 aliphatic rings. The van der Waals surface area contributed by atoms with Crippen molar-refractivity contribution in [1.82, 2.24) is 0 Å². The first-order chi connectivity index (χ1) is 12.0. The van der Waals surface area contributed by atoms with Crippen molar-refractivity contribution in [2.24, 2.45) is 23.2 Å². The Labute approximate surface area is 144 Å².